The Hall–Kier alpha value is -3.00. The lowest BCUT2D eigenvalue weighted by atomic mass is 10.3. The average molecular weight is 325 g/mol. The first-order valence-electron chi connectivity index (χ1n) is 7.63. The molecule has 3 aromatic rings. The van der Waals surface area contributed by atoms with Crippen LogP contribution in [0.4, 0.5) is 5.69 Å². The van der Waals surface area contributed by atoms with Gasteiger partial charge in [-0.3, -0.25) is 9.78 Å². The van der Waals surface area contributed by atoms with E-state index in [1.807, 2.05) is 13.0 Å². The number of amides is 1. The van der Waals surface area contributed by atoms with E-state index in [9.17, 15) is 4.79 Å². The summed E-state index contributed by atoms with van der Waals surface area (Å²) in [6, 6.07) is 3.66. The number of nitrogens with zero attached hydrogens (tertiary/aromatic N) is 6. The number of hydrogen-bond donors (Lipinski definition) is 1. The van der Waals surface area contributed by atoms with Gasteiger partial charge in [0.2, 0.25) is 5.95 Å². The summed E-state index contributed by atoms with van der Waals surface area (Å²) in [6.45, 7) is 2.86. The Morgan fingerprint density at radius 3 is 2.79 bits per heavy atom. The maximum absolute atomic E-state index is 12.9. The van der Waals surface area contributed by atoms with Crippen LogP contribution in [0.2, 0.25) is 0 Å². The molecule has 1 amide bonds. The van der Waals surface area contributed by atoms with Crippen molar-refractivity contribution < 1.29 is 4.79 Å². The molecule has 2 N–H and O–H groups in total. The first kappa shape index (κ1) is 15.9. The van der Waals surface area contributed by atoms with Gasteiger partial charge in [-0.25, -0.2) is 9.67 Å². The van der Waals surface area contributed by atoms with E-state index in [0.717, 1.165) is 11.3 Å². The van der Waals surface area contributed by atoms with E-state index in [0.29, 0.717) is 24.7 Å². The minimum Gasteiger partial charge on any atom is -0.326 e. The molecular weight excluding hydrogens is 306 g/mol. The second-order valence-corrected chi connectivity index (χ2v) is 5.26. The lowest BCUT2D eigenvalue weighted by molar-refractivity contribution is 0.0980. The number of pyridine rings is 1. The molecule has 124 valence electrons. The molecule has 0 radical (unpaired) electrons. The van der Waals surface area contributed by atoms with E-state index >= 15 is 0 Å². The normalized spacial score (nSPS) is 10.8. The molecule has 0 atom stereocenters. The van der Waals surface area contributed by atoms with Crippen molar-refractivity contribution in [3.05, 3.63) is 54.4 Å². The maximum Gasteiger partial charge on any atom is 0.276 e. The topological polar surface area (TPSA) is 94.9 Å². The first-order chi connectivity index (χ1) is 11.7. The van der Waals surface area contributed by atoms with Gasteiger partial charge in [0, 0.05) is 38.1 Å². The van der Waals surface area contributed by atoms with Crippen LogP contribution < -0.4 is 10.6 Å². The number of imidazole rings is 1. The van der Waals surface area contributed by atoms with E-state index in [-0.39, 0.29) is 5.91 Å². The average Bonchev–Trinajstić information content (AvgIpc) is 3.22. The molecule has 0 bridgehead atoms. The van der Waals surface area contributed by atoms with Crippen molar-refractivity contribution in [2.75, 3.05) is 11.4 Å². The van der Waals surface area contributed by atoms with Gasteiger partial charge in [0.15, 0.2) is 0 Å². The van der Waals surface area contributed by atoms with Crippen molar-refractivity contribution in [2.45, 2.75) is 13.5 Å². The second kappa shape index (κ2) is 6.63. The molecule has 0 saturated carbocycles. The summed E-state index contributed by atoms with van der Waals surface area (Å²) >= 11 is 0. The van der Waals surface area contributed by atoms with Gasteiger partial charge in [0.25, 0.3) is 5.91 Å². The SMILES string of the molecule is CCN(C(=O)c1cnc(-n2cc(CN)cn2)n1C)c1cccnc1. The molecule has 3 aromatic heterocycles. The van der Waals surface area contributed by atoms with E-state index in [4.69, 9.17) is 5.73 Å². The van der Waals surface area contributed by atoms with Crippen molar-refractivity contribution >= 4 is 11.6 Å². The number of rotatable bonds is 5. The predicted molar refractivity (Wildman–Crippen MR) is 89.8 cm³/mol. The lowest BCUT2D eigenvalue weighted by Gasteiger charge is -2.20. The Morgan fingerprint density at radius 1 is 1.33 bits per heavy atom. The van der Waals surface area contributed by atoms with Gasteiger partial charge in [-0.1, -0.05) is 0 Å². The fraction of sp³-hybridized carbons (Fsp3) is 0.250. The van der Waals surface area contributed by atoms with E-state index < -0.39 is 0 Å². The van der Waals surface area contributed by atoms with Crippen LogP contribution in [0.5, 0.6) is 0 Å². The molecule has 0 spiro atoms. The zero-order chi connectivity index (χ0) is 17.1. The van der Waals surface area contributed by atoms with Crippen molar-refractivity contribution in [3.63, 3.8) is 0 Å². The monoisotopic (exact) mass is 325 g/mol. The second-order valence-electron chi connectivity index (χ2n) is 5.26. The molecule has 0 saturated heterocycles. The van der Waals surface area contributed by atoms with E-state index in [2.05, 4.69) is 15.1 Å². The number of carbonyl (C=O) groups excluding carboxylic acids is 1. The van der Waals surface area contributed by atoms with Crippen molar-refractivity contribution in [1.82, 2.24) is 24.3 Å². The maximum atomic E-state index is 12.9. The standard InChI is InChI=1S/C16H19N7O/c1-3-22(13-5-4-6-18-9-13)15(24)14-10-19-16(21(14)2)23-11-12(7-17)8-20-23/h4-6,8-11H,3,7,17H2,1-2H3. The van der Waals surface area contributed by atoms with Crippen molar-refractivity contribution in [2.24, 2.45) is 12.8 Å². The number of nitrogens with two attached hydrogens (primary N) is 1. The highest BCUT2D eigenvalue weighted by Crippen LogP contribution is 2.17. The third-order valence-electron chi connectivity index (χ3n) is 3.78. The quantitative estimate of drug-likeness (QED) is 0.758. The highest BCUT2D eigenvalue weighted by Gasteiger charge is 2.21. The molecule has 0 aliphatic carbocycles. The Bertz CT molecular complexity index is 837. The highest BCUT2D eigenvalue weighted by molar-refractivity contribution is 6.04. The summed E-state index contributed by atoms with van der Waals surface area (Å²) < 4.78 is 3.33. The van der Waals surface area contributed by atoms with E-state index in [1.165, 1.54) is 0 Å². The summed E-state index contributed by atoms with van der Waals surface area (Å²) in [4.78, 5) is 22.9. The number of hydrogen-bond acceptors (Lipinski definition) is 5. The van der Waals surface area contributed by atoms with Crippen LogP contribution in [0.15, 0.2) is 43.1 Å². The van der Waals surface area contributed by atoms with Crippen LogP contribution in [-0.2, 0) is 13.6 Å². The third kappa shape index (κ3) is 2.79. The van der Waals surface area contributed by atoms with Crippen molar-refractivity contribution in [3.8, 4) is 5.95 Å². The molecular formula is C16H19N7O. The lowest BCUT2D eigenvalue weighted by Crippen LogP contribution is -2.32. The Balaban J connectivity index is 1.93. The van der Waals surface area contributed by atoms with Crippen LogP contribution in [-0.4, -0.2) is 36.8 Å². The molecule has 0 fully saturated rings. The molecule has 3 heterocycles. The third-order valence-corrected chi connectivity index (χ3v) is 3.78. The van der Waals surface area contributed by atoms with E-state index in [1.54, 1.807) is 58.2 Å². The fourth-order valence-corrected chi connectivity index (χ4v) is 2.48. The Morgan fingerprint density at radius 2 is 2.17 bits per heavy atom. The minimum absolute atomic E-state index is 0.141. The molecule has 8 heteroatoms. The van der Waals surface area contributed by atoms with Gasteiger partial charge < -0.3 is 15.2 Å². The largest absolute Gasteiger partial charge is 0.326 e. The van der Waals surface area contributed by atoms with Crippen LogP contribution >= 0.6 is 0 Å². The molecule has 0 aliphatic rings. The summed E-state index contributed by atoms with van der Waals surface area (Å²) in [5.74, 6) is 0.415. The molecule has 0 aliphatic heterocycles. The summed E-state index contributed by atoms with van der Waals surface area (Å²) in [7, 11) is 1.79. The van der Waals surface area contributed by atoms with Crippen LogP contribution in [0.3, 0.4) is 0 Å². The van der Waals surface area contributed by atoms with Gasteiger partial charge in [-0.05, 0) is 19.1 Å². The molecule has 8 nitrogen and oxygen atoms in total. The van der Waals surface area contributed by atoms with Gasteiger partial charge in [-0.2, -0.15) is 5.10 Å². The Kier molecular flexibility index (Phi) is 4.39. The number of anilines is 1. The predicted octanol–water partition coefficient (Wildman–Crippen LogP) is 1.13. The molecule has 3 rings (SSSR count). The molecule has 0 aromatic carbocycles. The summed E-state index contributed by atoms with van der Waals surface area (Å²) in [5, 5.41) is 4.23. The van der Waals surface area contributed by atoms with Crippen molar-refractivity contribution in [1.29, 1.82) is 0 Å². The summed E-state index contributed by atoms with van der Waals surface area (Å²) in [6.07, 6.45) is 8.39. The fourth-order valence-electron chi connectivity index (χ4n) is 2.48. The molecule has 0 unspecified atom stereocenters. The number of carbonyl (C=O) groups is 1. The van der Waals surface area contributed by atoms with Gasteiger partial charge in [0.1, 0.15) is 5.69 Å². The van der Waals surface area contributed by atoms with Gasteiger partial charge in [0.05, 0.1) is 24.3 Å². The Labute approximate surface area is 139 Å². The van der Waals surface area contributed by atoms with Crippen LogP contribution in [0, 0.1) is 0 Å². The highest BCUT2D eigenvalue weighted by atomic mass is 16.2. The minimum atomic E-state index is -0.141. The van der Waals surface area contributed by atoms with Crippen LogP contribution in [0.25, 0.3) is 5.95 Å². The first-order valence-corrected chi connectivity index (χ1v) is 7.63. The van der Waals surface area contributed by atoms with Gasteiger partial charge in [-0.15, -0.1) is 0 Å². The zero-order valence-corrected chi connectivity index (χ0v) is 13.6. The zero-order valence-electron chi connectivity index (χ0n) is 13.6. The number of aromatic nitrogens is 5. The van der Waals surface area contributed by atoms with Gasteiger partial charge >= 0.3 is 0 Å². The molecule has 24 heavy (non-hydrogen) atoms. The summed E-state index contributed by atoms with van der Waals surface area (Å²) in [5.41, 5.74) is 7.73. The smallest absolute Gasteiger partial charge is 0.276 e. The van der Waals surface area contributed by atoms with Crippen LogP contribution in [0.1, 0.15) is 23.0 Å².